The second-order valence-corrected chi connectivity index (χ2v) is 5.89. The number of nitrogens with one attached hydrogen (secondary N) is 1. The molecule has 0 radical (unpaired) electrons. The SMILES string of the molecule is Cc1cc(C(=O)O)c(NC(=O)COc2ccc(Cl)cc2)s1. The van der Waals surface area contributed by atoms with Gasteiger partial charge in [0.05, 0.1) is 5.56 Å². The van der Waals surface area contributed by atoms with Crippen molar-refractivity contribution >= 4 is 39.8 Å². The molecule has 0 aliphatic heterocycles. The molecule has 5 nitrogen and oxygen atoms in total. The lowest BCUT2D eigenvalue weighted by Gasteiger charge is -2.07. The highest BCUT2D eigenvalue weighted by molar-refractivity contribution is 7.16. The summed E-state index contributed by atoms with van der Waals surface area (Å²) in [7, 11) is 0. The summed E-state index contributed by atoms with van der Waals surface area (Å²) in [5.41, 5.74) is 0.0809. The maximum Gasteiger partial charge on any atom is 0.338 e. The number of ether oxygens (including phenoxy) is 1. The van der Waals surface area contributed by atoms with Crippen LogP contribution < -0.4 is 10.1 Å². The quantitative estimate of drug-likeness (QED) is 0.883. The number of hydrogen-bond acceptors (Lipinski definition) is 4. The molecule has 0 saturated heterocycles. The van der Waals surface area contributed by atoms with Crippen molar-refractivity contribution in [2.75, 3.05) is 11.9 Å². The van der Waals surface area contributed by atoms with E-state index in [2.05, 4.69) is 5.32 Å². The zero-order valence-electron chi connectivity index (χ0n) is 11.1. The fraction of sp³-hybridized carbons (Fsp3) is 0.143. The zero-order valence-corrected chi connectivity index (χ0v) is 12.6. The number of thiophene rings is 1. The third-order valence-corrected chi connectivity index (χ3v) is 3.74. The first-order valence-corrected chi connectivity index (χ1v) is 7.17. The number of carbonyl (C=O) groups excluding carboxylic acids is 1. The number of benzene rings is 1. The van der Waals surface area contributed by atoms with Gasteiger partial charge < -0.3 is 15.2 Å². The van der Waals surface area contributed by atoms with Crippen LogP contribution in [0.15, 0.2) is 30.3 Å². The Balaban J connectivity index is 1.96. The van der Waals surface area contributed by atoms with Crippen molar-refractivity contribution in [2.24, 2.45) is 0 Å². The number of carboxylic acid groups (broad SMARTS) is 1. The van der Waals surface area contributed by atoms with Crippen LogP contribution in [0.3, 0.4) is 0 Å². The maximum absolute atomic E-state index is 11.8. The lowest BCUT2D eigenvalue weighted by atomic mass is 10.3. The minimum atomic E-state index is -1.08. The van der Waals surface area contributed by atoms with Gasteiger partial charge in [-0.05, 0) is 37.3 Å². The molecule has 0 bridgehead atoms. The van der Waals surface area contributed by atoms with Gasteiger partial charge in [0.1, 0.15) is 10.8 Å². The Kier molecular flexibility index (Phi) is 4.82. The molecule has 1 aromatic carbocycles. The van der Waals surface area contributed by atoms with Crippen LogP contribution in [0.4, 0.5) is 5.00 Å². The van der Waals surface area contributed by atoms with Crippen molar-refractivity contribution in [3.8, 4) is 5.75 Å². The van der Waals surface area contributed by atoms with E-state index in [9.17, 15) is 9.59 Å². The Morgan fingerprint density at radius 1 is 1.33 bits per heavy atom. The van der Waals surface area contributed by atoms with Crippen LogP contribution in [0, 0.1) is 6.92 Å². The van der Waals surface area contributed by atoms with Crippen molar-refractivity contribution in [1.29, 1.82) is 0 Å². The smallest absolute Gasteiger partial charge is 0.338 e. The van der Waals surface area contributed by atoms with Crippen LogP contribution in [0.25, 0.3) is 0 Å². The maximum atomic E-state index is 11.8. The summed E-state index contributed by atoms with van der Waals surface area (Å²) in [5.74, 6) is -0.988. The first kappa shape index (κ1) is 15.3. The molecule has 1 aromatic heterocycles. The minimum Gasteiger partial charge on any atom is -0.484 e. The average molecular weight is 326 g/mol. The first-order chi connectivity index (χ1) is 9.95. The Labute approximate surface area is 130 Å². The number of rotatable bonds is 5. The molecule has 0 atom stereocenters. The second kappa shape index (κ2) is 6.60. The molecule has 0 spiro atoms. The number of carbonyl (C=O) groups is 2. The van der Waals surface area contributed by atoms with Gasteiger partial charge in [0.2, 0.25) is 0 Å². The molecule has 7 heteroatoms. The van der Waals surface area contributed by atoms with Crippen LogP contribution >= 0.6 is 22.9 Å². The predicted octanol–water partition coefficient (Wildman–Crippen LogP) is 3.43. The number of anilines is 1. The van der Waals surface area contributed by atoms with Crippen molar-refractivity contribution in [2.45, 2.75) is 6.92 Å². The summed E-state index contributed by atoms with van der Waals surface area (Å²) in [6.45, 7) is 1.56. The van der Waals surface area contributed by atoms with Gasteiger partial charge in [0, 0.05) is 9.90 Å². The van der Waals surface area contributed by atoms with E-state index in [1.807, 2.05) is 0 Å². The van der Waals surface area contributed by atoms with E-state index in [4.69, 9.17) is 21.4 Å². The molecule has 2 aromatic rings. The van der Waals surface area contributed by atoms with Gasteiger partial charge in [0.15, 0.2) is 6.61 Å². The topological polar surface area (TPSA) is 75.6 Å². The van der Waals surface area contributed by atoms with Gasteiger partial charge in [-0.15, -0.1) is 11.3 Å². The number of aromatic carboxylic acids is 1. The first-order valence-electron chi connectivity index (χ1n) is 5.97. The van der Waals surface area contributed by atoms with Crippen molar-refractivity contribution < 1.29 is 19.4 Å². The zero-order chi connectivity index (χ0) is 15.4. The molecule has 0 aliphatic rings. The average Bonchev–Trinajstić information content (AvgIpc) is 2.79. The number of halogens is 1. The minimum absolute atomic E-state index is 0.0809. The predicted molar refractivity (Wildman–Crippen MR) is 81.6 cm³/mol. The van der Waals surface area contributed by atoms with Gasteiger partial charge in [-0.2, -0.15) is 0 Å². The van der Waals surface area contributed by atoms with Gasteiger partial charge >= 0.3 is 5.97 Å². The second-order valence-electron chi connectivity index (χ2n) is 4.20. The molecule has 21 heavy (non-hydrogen) atoms. The van der Waals surface area contributed by atoms with Crippen molar-refractivity contribution in [3.63, 3.8) is 0 Å². The van der Waals surface area contributed by atoms with Crippen molar-refractivity contribution in [1.82, 2.24) is 0 Å². The van der Waals surface area contributed by atoms with Crippen LogP contribution in [-0.4, -0.2) is 23.6 Å². The molecule has 0 fully saturated rings. The molecule has 2 rings (SSSR count). The number of hydrogen-bond donors (Lipinski definition) is 2. The Hall–Kier alpha value is -2.05. The highest BCUT2D eigenvalue weighted by atomic mass is 35.5. The van der Waals surface area contributed by atoms with Gasteiger partial charge in [-0.3, -0.25) is 4.79 Å². The van der Waals surface area contributed by atoms with Gasteiger partial charge in [0.25, 0.3) is 5.91 Å². The molecule has 1 heterocycles. The van der Waals surface area contributed by atoms with E-state index in [-0.39, 0.29) is 12.2 Å². The summed E-state index contributed by atoms with van der Waals surface area (Å²) in [5, 5.41) is 12.5. The largest absolute Gasteiger partial charge is 0.484 e. The molecule has 0 saturated carbocycles. The van der Waals surface area contributed by atoms with E-state index in [1.165, 1.54) is 17.4 Å². The van der Waals surface area contributed by atoms with E-state index in [1.54, 1.807) is 31.2 Å². The molecule has 0 aliphatic carbocycles. The molecular formula is C14H12ClNO4S. The molecule has 0 unspecified atom stereocenters. The van der Waals surface area contributed by atoms with Gasteiger partial charge in [-0.25, -0.2) is 4.79 Å². The molecular weight excluding hydrogens is 314 g/mol. The lowest BCUT2D eigenvalue weighted by Crippen LogP contribution is -2.20. The fourth-order valence-corrected chi connectivity index (χ4v) is 2.65. The summed E-state index contributed by atoms with van der Waals surface area (Å²) in [6, 6.07) is 8.11. The Morgan fingerprint density at radius 3 is 2.62 bits per heavy atom. The summed E-state index contributed by atoms with van der Waals surface area (Å²) < 4.78 is 5.29. The van der Waals surface area contributed by atoms with E-state index in [0.717, 1.165) is 4.88 Å². The summed E-state index contributed by atoms with van der Waals surface area (Å²) in [4.78, 5) is 23.6. The van der Waals surface area contributed by atoms with E-state index in [0.29, 0.717) is 15.8 Å². The Bertz CT molecular complexity index is 666. The summed E-state index contributed by atoms with van der Waals surface area (Å²) in [6.07, 6.45) is 0. The third kappa shape index (κ3) is 4.21. The normalized spacial score (nSPS) is 10.2. The van der Waals surface area contributed by atoms with Gasteiger partial charge in [-0.1, -0.05) is 11.6 Å². The standard InChI is InChI=1S/C14H12ClNO4S/c1-8-6-11(14(18)19)13(21-8)16-12(17)7-20-10-4-2-9(15)3-5-10/h2-6H,7H2,1H3,(H,16,17)(H,18,19). The number of amides is 1. The number of carboxylic acids is 1. The van der Waals surface area contributed by atoms with Crippen LogP contribution in [0.5, 0.6) is 5.75 Å². The van der Waals surface area contributed by atoms with Crippen LogP contribution in [0.1, 0.15) is 15.2 Å². The van der Waals surface area contributed by atoms with Crippen LogP contribution in [-0.2, 0) is 4.79 Å². The monoisotopic (exact) mass is 325 g/mol. The third-order valence-electron chi connectivity index (χ3n) is 2.52. The highest BCUT2D eigenvalue weighted by Crippen LogP contribution is 2.27. The van der Waals surface area contributed by atoms with E-state index < -0.39 is 11.9 Å². The van der Waals surface area contributed by atoms with E-state index >= 15 is 0 Å². The molecule has 1 amide bonds. The highest BCUT2D eigenvalue weighted by Gasteiger charge is 2.16. The van der Waals surface area contributed by atoms with Crippen molar-refractivity contribution in [3.05, 3.63) is 45.8 Å². The number of aryl methyl sites for hydroxylation is 1. The molecule has 110 valence electrons. The fourth-order valence-electron chi connectivity index (χ4n) is 1.61. The lowest BCUT2D eigenvalue weighted by molar-refractivity contribution is -0.118. The van der Waals surface area contributed by atoms with Crippen LogP contribution in [0.2, 0.25) is 5.02 Å². The molecule has 2 N–H and O–H groups in total. The Morgan fingerprint density at radius 2 is 2.00 bits per heavy atom. The summed E-state index contributed by atoms with van der Waals surface area (Å²) >= 11 is 6.95.